The molecule has 0 amide bonds. The van der Waals surface area contributed by atoms with Gasteiger partial charge in [0.1, 0.15) is 5.76 Å². The number of aliphatic hydroxyl groups is 1. The Morgan fingerprint density at radius 3 is 2.72 bits per heavy atom. The van der Waals surface area contributed by atoms with E-state index in [-0.39, 0.29) is 11.0 Å². The van der Waals surface area contributed by atoms with Crippen molar-refractivity contribution in [3.63, 3.8) is 0 Å². The van der Waals surface area contributed by atoms with E-state index < -0.39 is 5.60 Å². The van der Waals surface area contributed by atoms with Crippen molar-refractivity contribution in [3.05, 3.63) is 29.5 Å². The molecule has 134 valence electrons. The van der Waals surface area contributed by atoms with Gasteiger partial charge in [-0.2, -0.15) is 0 Å². The van der Waals surface area contributed by atoms with Gasteiger partial charge in [-0.05, 0) is 68.4 Å². The number of aryl methyl sites for hydroxylation is 1. The van der Waals surface area contributed by atoms with E-state index in [2.05, 4.69) is 49.4 Å². The highest BCUT2D eigenvalue weighted by Gasteiger charge is 2.62. The second-order valence-corrected chi connectivity index (χ2v) is 8.18. The van der Waals surface area contributed by atoms with Crippen LogP contribution < -0.4 is 10.1 Å². The second kappa shape index (κ2) is 5.01. The van der Waals surface area contributed by atoms with Gasteiger partial charge in [0.2, 0.25) is 0 Å². The number of nitrogens with one attached hydrogen (secondary N) is 1. The number of ether oxygens (including phenoxy) is 1. The number of methoxy groups -OCH3 is 1. The van der Waals surface area contributed by atoms with E-state index in [1.54, 1.807) is 7.11 Å². The molecule has 4 rings (SSSR count). The van der Waals surface area contributed by atoms with Crippen LogP contribution in [0.1, 0.15) is 51.4 Å². The van der Waals surface area contributed by atoms with Crippen LogP contribution in [-0.2, 0) is 5.41 Å². The molecule has 0 spiro atoms. The lowest BCUT2D eigenvalue weighted by molar-refractivity contribution is -0.0628. The summed E-state index contributed by atoms with van der Waals surface area (Å²) in [5.74, 6) is 1.22. The summed E-state index contributed by atoms with van der Waals surface area (Å²) in [6, 6.07) is 6.32. The molecule has 5 heteroatoms. The summed E-state index contributed by atoms with van der Waals surface area (Å²) in [5.41, 5.74) is 2.69. The van der Waals surface area contributed by atoms with Gasteiger partial charge in [-0.25, -0.2) is 0 Å². The summed E-state index contributed by atoms with van der Waals surface area (Å²) >= 11 is 0. The maximum Gasteiger partial charge on any atom is 0.262 e. The third-order valence-electron chi connectivity index (χ3n) is 6.54. The maximum absolute atomic E-state index is 11.6. The van der Waals surface area contributed by atoms with Crippen molar-refractivity contribution in [2.75, 3.05) is 12.4 Å². The van der Waals surface area contributed by atoms with Crippen LogP contribution >= 0.6 is 0 Å². The first-order valence-electron chi connectivity index (χ1n) is 8.89. The van der Waals surface area contributed by atoms with Crippen LogP contribution in [0.25, 0.3) is 11.1 Å². The van der Waals surface area contributed by atoms with Crippen molar-refractivity contribution in [2.45, 2.75) is 63.5 Å². The van der Waals surface area contributed by atoms with Crippen LogP contribution in [0.3, 0.4) is 0 Å². The van der Waals surface area contributed by atoms with Crippen molar-refractivity contribution < 1.29 is 14.4 Å². The summed E-state index contributed by atoms with van der Waals surface area (Å²) in [5, 5.41) is 19.2. The van der Waals surface area contributed by atoms with Gasteiger partial charge in [-0.3, -0.25) is 0 Å². The molecule has 2 heterocycles. The smallest absolute Gasteiger partial charge is 0.262 e. The quantitative estimate of drug-likeness (QED) is 0.862. The third kappa shape index (κ3) is 1.96. The molecule has 0 radical (unpaired) electrons. The minimum Gasteiger partial charge on any atom is -0.478 e. The number of aromatic nitrogens is 1. The molecule has 2 atom stereocenters. The molecule has 5 nitrogen and oxygen atoms in total. The largest absolute Gasteiger partial charge is 0.478 e. The predicted octanol–water partition coefficient (Wildman–Crippen LogP) is 4.04. The molecule has 1 saturated carbocycles. The summed E-state index contributed by atoms with van der Waals surface area (Å²) in [6.45, 7) is 8.28. The Bertz CT molecular complexity index is 841. The molecule has 1 fully saturated rings. The molecule has 1 aromatic heterocycles. The molecule has 2 aliphatic rings. The second-order valence-electron chi connectivity index (χ2n) is 8.18. The molecule has 2 N–H and O–H groups in total. The Labute approximate surface area is 148 Å². The molecular weight excluding hydrogens is 316 g/mol. The Morgan fingerprint density at radius 1 is 1.24 bits per heavy atom. The molecule has 2 unspecified atom stereocenters. The normalized spacial score (nSPS) is 29.7. The minimum absolute atomic E-state index is 0.286. The van der Waals surface area contributed by atoms with Crippen LogP contribution in [-0.4, -0.2) is 28.5 Å². The minimum atomic E-state index is -0.778. The van der Waals surface area contributed by atoms with E-state index in [4.69, 9.17) is 9.26 Å². The lowest BCUT2D eigenvalue weighted by atomic mass is 9.60. The predicted molar refractivity (Wildman–Crippen MR) is 97.1 cm³/mol. The number of fused-ring (bicyclic) bond motifs is 3. The van der Waals surface area contributed by atoms with E-state index in [1.165, 1.54) is 0 Å². The molecule has 1 aliphatic heterocycles. The topological polar surface area (TPSA) is 67.5 Å². The monoisotopic (exact) mass is 342 g/mol. The van der Waals surface area contributed by atoms with Gasteiger partial charge in [-0.15, -0.1) is 0 Å². The molecular formula is C20H26N2O3. The fourth-order valence-electron chi connectivity index (χ4n) is 5.06. The molecule has 25 heavy (non-hydrogen) atoms. The van der Waals surface area contributed by atoms with Crippen molar-refractivity contribution in [1.29, 1.82) is 0 Å². The number of benzene rings is 1. The molecule has 0 bridgehead atoms. The van der Waals surface area contributed by atoms with Crippen LogP contribution in [0.4, 0.5) is 5.69 Å². The first-order valence-corrected chi connectivity index (χ1v) is 8.89. The van der Waals surface area contributed by atoms with E-state index in [0.29, 0.717) is 5.88 Å². The maximum atomic E-state index is 11.6. The van der Waals surface area contributed by atoms with E-state index >= 15 is 0 Å². The van der Waals surface area contributed by atoms with Crippen molar-refractivity contribution >= 4 is 5.69 Å². The standard InChI is InChI=1S/C20H26N2O3/c1-12-16(17(24-5)22-25-12)13-7-8-15-14(11-13)19(4)9-6-10-20(19,23)18(2,3)21-15/h7-8,11,21,23H,6,9-10H2,1-5H3. The fourth-order valence-corrected chi connectivity index (χ4v) is 5.06. The van der Waals surface area contributed by atoms with Gasteiger partial charge in [0.05, 0.1) is 23.8 Å². The highest BCUT2D eigenvalue weighted by Crippen LogP contribution is 2.59. The number of hydrogen-bond donors (Lipinski definition) is 2. The molecule has 2 aromatic rings. The van der Waals surface area contributed by atoms with Gasteiger partial charge in [0, 0.05) is 11.1 Å². The Balaban J connectivity index is 1.92. The number of hydrogen-bond acceptors (Lipinski definition) is 5. The van der Waals surface area contributed by atoms with E-state index in [1.807, 2.05) is 6.92 Å². The van der Waals surface area contributed by atoms with Crippen LogP contribution in [0, 0.1) is 6.92 Å². The van der Waals surface area contributed by atoms with Crippen LogP contribution in [0.15, 0.2) is 22.7 Å². The van der Waals surface area contributed by atoms with Crippen LogP contribution in [0.2, 0.25) is 0 Å². The summed E-state index contributed by atoms with van der Waals surface area (Å²) < 4.78 is 10.7. The van der Waals surface area contributed by atoms with Crippen LogP contribution in [0.5, 0.6) is 5.88 Å². The highest BCUT2D eigenvalue weighted by atomic mass is 16.5. The van der Waals surface area contributed by atoms with Crippen molar-refractivity contribution in [2.24, 2.45) is 0 Å². The zero-order valence-electron chi connectivity index (χ0n) is 15.6. The first-order chi connectivity index (χ1) is 11.7. The van der Waals surface area contributed by atoms with Crippen molar-refractivity contribution in [1.82, 2.24) is 5.16 Å². The molecule has 1 aromatic carbocycles. The zero-order valence-corrected chi connectivity index (χ0v) is 15.6. The van der Waals surface area contributed by atoms with E-state index in [9.17, 15) is 5.11 Å². The molecule has 1 aliphatic carbocycles. The Kier molecular flexibility index (Phi) is 3.30. The number of nitrogens with zero attached hydrogens (tertiary/aromatic N) is 1. The average molecular weight is 342 g/mol. The number of rotatable bonds is 2. The first kappa shape index (κ1) is 16.5. The highest BCUT2D eigenvalue weighted by molar-refractivity contribution is 5.76. The van der Waals surface area contributed by atoms with Gasteiger partial charge in [0.15, 0.2) is 0 Å². The fraction of sp³-hybridized carbons (Fsp3) is 0.550. The van der Waals surface area contributed by atoms with Crippen molar-refractivity contribution in [3.8, 4) is 17.0 Å². The van der Waals surface area contributed by atoms with E-state index in [0.717, 1.165) is 47.4 Å². The van der Waals surface area contributed by atoms with Gasteiger partial charge >= 0.3 is 0 Å². The SMILES string of the molecule is COc1noc(C)c1-c1ccc2c(c1)C1(C)CCCC1(O)C(C)(C)N2. The Hall–Kier alpha value is -2.01. The Morgan fingerprint density at radius 2 is 2.00 bits per heavy atom. The van der Waals surface area contributed by atoms with Gasteiger partial charge in [-0.1, -0.05) is 13.0 Å². The number of anilines is 1. The zero-order chi connectivity index (χ0) is 18.0. The van der Waals surface area contributed by atoms with Gasteiger partial charge in [0.25, 0.3) is 5.88 Å². The summed E-state index contributed by atoms with van der Waals surface area (Å²) in [7, 11) is 1.60. The lowest BCUT2D eigenvalue weighted by Gasteiger charge is -2.55. The third-order valence-corrected chi connectivity index (χ3v) is 6.54. The lowest BCUT2D eigenvalue weighted by Crippen LogP contribution is -2.65. The molecule has 0 saturated heterocycles. The summed E-state index contributed by atoms with van der Waals surface area (Å²) in [6.07, 6.45) is 2.81. The summed E-state index contributed by atoms with van der Waals surface area (Å²) in [4.78, 5) is 0. The average Bonchev–Trinajstić information content (AvgIpc) is 3.09. The van der Waals surface area contributed by atoms with Gasteiger partial charge < -0.3 is 19.7 Å².